The minimum absolute atomic E-state index is 0.0176. The van der Waals surface area contributed by atoms with Crippen LogP contribution in [0.25, 0.3) is 0 Å². The van der Waals surface area contributed by atoms with Gasteiger partial charge in [0.2, 0.25) is 0 Å². The molecule has 0 aliphatic rings. The Labute approximate surface area is 60.0 Å². The normalized spacial score (nSPS) is 10.8. The summed E-state index contributed by atoms with van der Waals surface area (Å²) in [5.41, 5.74) is 0. The zero-order valence-electron chi connectivity index (χ0n) is 4.72. The molecule has 0 aliphatic heterocycles. The highest BCUT2D eigenvalue weighted by Gasteiger charge is 2.15. The summed E-state index contributed by atoms with van der Waals surface area (Å²) in [5.74, 6) is -0.622. The van der Waals surface area contributed by atoms with E-state index in [1.54, 1.807) is 0 Å². The lowest BCUT2D eigenvalue weighted by Crippen LogP contribution is -1.84. The van der Waals surface area contributed by atoms with Crippen LogP contribution in [-0.4, -0.2) is 10.1 Å². The van der Waals surface area contributed by atoms with Crippen LogP contribution in [0.2, 0.25) is 0 Å². The van der Waals surface area contributed by atoms with Crippen LogP contribution >= 0.6 is 11.6 Å². The molecular formula is C4H3ClF2N2O. The van der Waals surface area contributed by atoms with Gasteiger partial charge in [0.05, 0.1) is 5.88 Å². The summed E-state index contributed by atoms with van der Waals surface area (Å²) >= 11 is 5.22. The Morgan fingerprint density at radius 2 is 2.30 bits per heavy atom. The highest BCUT2D eigenvalue weighted by atomic mass is 35.5. The highest BCUT2D eigenvalue weighted by molar-refractivity contribution is 6.16. The van der Waals surface area contributed by atoms with Crippen molar-refractivity contribution in [3.8, 4) is 0 Å². The molecule has 0 saturated heterocycles. The molecule has 0 aromatic carbocycles. The second kappa shape index (κ2) is 2.92. The van der Waals surface area contributed by atoms with Gasteiger partial charge in [0.25, 0.3) is 5.89 Å². The standard InChI is InChI=1S/C4H3ClF2N2O/c5-1-2-8-4(3(6)7)10-9-2/h3H,1H2. The van der Waals surface area contributed by atoms with Crippen molar-refractivity contribution in [2.24, 2.45) is 0 Å². The number of hydrogen-bond donors (Lipinski definition) is 0. The molecule has 0 spiro atoms. The van der Waals surface area contributed by atoms with E-state index in [1.165, 1.54) is 0 Å². The zero-order valence-corrected chi connectivity index (χ0v) is 5.48. The van der Waals surface area contributed by atoms with Crippen LogP contribution < -0.4 is 0 Å². The zero-order chi connectivity index (χ0) is 7.56. The molecule has 1 aromatic heterocycles. The Bertz CT molecular complexity index is 215. The number of halogens is 3. The van der Waals surface area contributed by atoms with Gasteiger partial charge in [0.1, 0.15) is 0 Å². The van der Waals surface area contributed by atoms with Crippen LogP contribution in [-0.2, 0) is 5.88 Å². The fourth-order valence-corrected chi connectivity index (χ4v) is 0.519. The van der Waals surface area contributed by atoms with Crippen molar-refractivity contribution in [3.63, 3.8) is 0 Å². The van der Waals surface area contributed by atoms with Gasteiger partial charge in [0, 0.05) is 0 Å². The van der Waals surface area contributed by atoms with E-state index in [1.807, 2.05) is 0 Å². The van der Waals surface area contributed by atoms with E-state index < -0.39 is 12.3 Å². The van der Waals surface area contributed by atoms with Crippen molar-refractivity contribution in [1.82, 2.24) is 10.1 Å². The average molecular weight is 169 g/mol. The first kappa shape index (κ1) is 7.40. The van der Waals surface area contributed by atoms with Crippen molar-refractivity contribution in [1.29, 1.82) is 0 Å². The summed E-state index contributed by atoms with van der Waals surface area (Å²) in [4.78, 5) is 3.27. The maximum Gasteiger partial charge on any atom is 0.315 e. The van der Waals surface area contributed by atoms with Gasteiger partial charge in [0.15, 0.2) is 5.82 Å². The van der Waals surface area contributed by atoms with Gasteiger partial charge in [-0.25, -0.2) is 0 Å². The van der Waals surface area contributed by atoms with E-state index in [4.69, 9.17) is 11.6 Å². The Morgan fingerprint density at radius 1 is 1.60 bits per heavy atom. The molecular weight excluding hydrogens is 166 g/mol. The van der Waals surface area contributed by atoms with Crippen LogP contribution in [0.4, 0.5) is 8.78 Å². The van der Waals surface area contributed by atoms with E-state index in [0.717, 1.165) is 0 Å². The first-order valence-electron chi connectivity index (χ1n) is 2.40. The number of nitrogens with zero attached hydrogens (tertiary/aromatic N) is 2. The summed E-state index contributed by atoms with van der Waals surface area (Å²) < 4.78 is 27.5. The fraction of sp³-hybridized carbons (Fsp3) is 0.500. The maximum atomic E-state index is 11.7. The van der Waals surface area contributed by atoms with Crippen molar-refractivity contribution in [2.75, 3.05) is 0 Å². The topological polar surface area (TPSA) is 38.9 Å². The van der Waals surface area contributed by atoms with Crippen LogP contribution in [0.3, 0.4) is 0 Å². The van der Waals surface area contributed by atoms with Gasteiger partial charge < -0.3 is 4.52 Å². The van der Waals surface area contributed by atoms with Gasteiger partial charge in [-0.15, -0.1) is 11.6 Å². The lowest BCUT2D eigenvalue weighted by Gasteiger charge is -1.83. The predicted octanol–water partition coefficient (Wildman–Crippen LogP) is 1.75. The lowest BCUT2D eigenvalue weighted by atomic mass is 10.7. The second-order valence-corrected chi connectivity index (χ2v) is 1.75. The molecule has 0 unspecified atom stereocenters. The van der Waals surface area contributed by atoms with E-state index in [0.29, 0.717) is 0 Å². The Hall–Kier alpha value is -0.710. The third kappa shape index (κ3) is 1.41. The summed E-state index contributed by atoms with van der Waals surface area (Å²) in [6.45, 7) is 0. The molecule has 0 aliphatic carbocycles. The average Bonchev–Trinajstić information content (AvgIpc) is 2.34. The summed E-state index contributed by atoms with van der Waals surface area (Å²) in [5, 5.41) is 3.16. The first-order valence-corrected chi connectivity index (χ1v) is 2.94. The van der Waals surface area contributed by atoms with Crippen LogP contribution in [0.15, 0.2) is 4.52 Å². The van der Waals surface area contributed by atoms with Crippen molar-refractivity contribution < 1.29 is 13.3 Å². The molecule has 0 amide bonds. The number of hydrogen-bond acceptors (Lipinski definition) is 3. The molecule has 10 heavy (non-hydrogen) atoms. The van der Waals surface area contributed by atoms with Crippen molar-refractivity contribution in [2.45, 2.75) is 12.3 Å². The molecule has 0 radical (unpaired) electrons. The third-order valence-electron chi connectivity index (χ3n) is 0.790. The molecule has 3 nitrogen and oxygen atoms in total. The molecule has 1 aromatic rings. The van der Waals surface area contributed by atoms with Gasteiger partial charge in [-0.1, -0.05) is 5.16 Å². The smallest absolute Gasteiger partial charge is 0.315 e. The van der Waals surface area contributed by atoms with E-state index in [-0.39, 0.29) is 11.7 Å². The second-order valence-electron chi connectivity index (χ2n) is 1.48. The van der Waals surface area contributed by atoms with Crippen LogP contribution in [0.5, 0.6) is 0 Å². The Kier molecular flexibility index (Phi) is 2.16. The van der Waals surface area contributed by atoms with E-state index >= 15 is 0 Å². The van der Waals surface area contributed by atoms with Gasteiger partial charge >= 0.3 is 6.43 Å². The molecule has 6 heteroatoms. The van der Waals surface area contributed by atoms with E-state index in [2.05, 4.69) is 14.7 Å². The minimum atomic E-state index is -2.72. The summed E-state index contributed by atoms with van der Waals surface area (Å²) in [6.07, 6.45) is -2.72. The number of rotatable bonds is 2. The Balaban J connectivity index is 2.78. The largest absolute Gasteiger partial charge is 0.333 e. The van der Waals surface area contributed by atoms with Crippen LogP contribution in [0.1, 0.15) is 18.1 Å². The first-order chi connectivity index (χ1) is 4.74. The molecule has 56 valence electrons. The van der Waals surface area contributed by atoms with Gasteiger partial charge in [-0.3, -0.25) is 0 Å². The molecule has 0 atom stereocenters. The van der Waals surface area contributed by atoms with Gasteiger partial charge in [-0.2, -0.15) is 13.8 Å². The molecule has 0 saturated carbocycles. The maximum absolute atomic E-state index is 11.7. The molecule has 1 rings (SSSR count). The Morgan fingerprint density at radius 3 is 2.60 bits per heavy atom. The van der Waals surface area contributed by atoms with Gasteiger partial charge in [-0.05, 0) is 0 Å². The monoisotopic (exact) mass is 168 g/mol. The molecule has 1 heterocycles. The fourth-order valence-electron chi connectivity index (χ4n) is 0.410. The summed E-state index contributed by atoms with van der Waals surface area (Å²) in [7, 11) is 0. The van der Waals surface area contributed by atoms with E-state index in [9.17, 15) is 8.78 Å². The minimum Gasteiger partial charge on any atom is -0.333 e. The number of alkyl halides is 3. The molecule has 0 fully saturated rings. The lowest BCUT2D eigenvalue weighted by molar-refractivity contribution is 0.106. The SMILES string of the molecule is FC(F)c1nc(CCl)no1. The quantitative estimate of drug-likeness (QED) is 0.632. The predicted molar refractivity (Wildman–Crippen MR) is 28.8 cm³/mol. The van der Waals surface area contributed by atoms with Crippen molar-refractivity contribution in [3.05, 3.63) is 11.7 Å². The third-order valence-corrected chi connectivity index (χ3v) is 1.03. The molecule has 0 N–H and O–H groups in total. The highest BCUT2D eigenvalue weighted by Crippen LogP contribution is 2.15. The van der Waals surface area contributed by atoms with Crippen LogP contribution in [0, 0.1) is 0 Å². The van der Waals surface area contributed by atoms with Crippen molar-refractivity contribution >= 4 is 11.6 Å². The number of aromatic nitrogens is 2. The molecule has 0 bridgehead atoms. The summed E-state index contributed by atoms with van der Waals surface area (Å²) in [6, 6.07) is 0.